The van der Waals surface area contributed by atoms with E-state index in [4.69, 9.17) is 11.6 Å². The van der Waals surface area contributed by atoms with E-state index >= 15 is 0 Å². The zero-order valence-electron chi connectivity index (χ0n) is 7.11. The van der Waals surface area contributed by atoms with Crippen LogP contribution in [0.4, 0.5) is 0 Å². The van der Waals surface area contributed by atoms with Gasteiger partial charge in [-0.1, -0.05) is 13.8 Å². The van der Waals surface area contributed by atoms with Crippen LogP contribution in [0.3, 0.4) is 0 Å². The molecule has 1 nitrogen and oxygen atoms in total. The number of carbonyl (C=O) groups is 1. The molecule has 0 radical (unpaired) electrons. The van der Waals surface area contributed by atoms with Crippen LogP contribution in [0.25, 0.3) is 0 Å². The van der Waals surface area contributed by atoms with Crippen LogP contribution in [0.5, 0.6) is 0 Å². The maximum Gasteiger partial charge on any atom is 0.129 e. The summed E-state index contributed by atoms with van der Waals surface area (Å²) in [6.45, 7) is 5.61. The first-order valence-electron chi connectivity index (χ1n) is 3.82. The largest absolute Gasteiger partial charge is 0.300 e. The number of Topliss-reactive ketones (excluding diaryl/α,β-unsaturated/α-hetero) is 1. The summed E-state index contributed by atoms with van der Waals surface area (Å²) in [7, 11) is 0. The molecule has 10 heavy (non-hydrogen) atoms. The smallest absolute Gasteiger partial charge is 0.129 e. The summed E-state index contributed by atoms with van der Waals surface area (Å²) in [4.78, 5) is 10.3. The van der Waals surface area contributed by atoms with Gasteiger partial charge < -0.3 is 4.79 Å². The molecule has 0 spiro atoms. The second-order valence-electron chi connectivity index (χ2n) is 1.85. The van der Waals surface area contributed by atoms with Gasteiger partial charge in [0, 0.05) is 12.3 Å². The third-order valence-electron chi connectivity index (χ3n) is 0.912. The Balaban J connectivity index is 0. The Bertz CT molecular complexity index is 71.7. The summed E-state index contributed by atoms with van der Waals surface area (Å²) >= 11 is 5.37. The Hall–Kier alpha value is -0.0400. The molecule has 0 aliphatic rings. The molecular weight excluding hydrogens is 148 g/mol. The number of carbonyl (C=O) groups excluding carboxylic acids is 1. The molecule has 0 saturated carbocycles. The molecule has 0 fully saturated rings. The first-order chi connectivity index (χ1) is 4.77. The van der Waals surface area contributed by atoms with Crippen molar-refractivity contribution in [3.05, 3.63) is 0 Å². The van der Waals surface area contributed by atoms with E-state index in [-0.39, 0.29) is 5.78 Å². The van der Waals surface area contributed by atoms with Gasteiger partial charge >= 0.3 is 0 Å². The number of ketones is 1. The van der Waals surface area contributed by atoms with Crippen LogP contribution in [0, 0.1) is 0 Å². The lowest BCUT2D eigenvalue weighted by molar-refractivity contribution is -0.117. The van der Waals surface area contributed by atoms with Gasteiger partial charge in [0.2, 0.25) is 0 Å². The molecule has 0 atom stereocenters. The lowest BCUT2D eigenvalue weighted by Gasteiger charge is -1.89. The van der Waals surface area contributed by atoms with E-state index < -0.39 is 0 Å². The second-order valence-corrected chi connectivity index (χ2v) is 2.23. The number of halogens is 1. The van der Waals surface area contributed by atoms with E-state index in [2.05, 4.69) is 0 Å². The third kappa shape index (κ3) is 15.7. The fourth-order valence-electron chi connectivity index (χ4n) is 0.468. The molecule has 0 heterocycles. The zero-order chi connectivity index (χ0) is 8.41. The molecule has 2 heteroatoms. The van der Waals surface area contributed by atoms with Crippen molar-refractivity contribution in [2.75, 3.05) is 5.88 Å². The Morgan fingerprint density at radius 2 is 1.80 bits per heavy atom. The highest BCUT2D eigenvalue weighted by atomic mass is 35.5. The summed E-state index contributed by atoms with van der Waals surface area (Å²) in [6.07, 6.45) is 2.59. The second kappa shape index (κ2) is 11.7. The van der Waals surface area contributed by atoms with E-state index in [1.54, 1.807) is 6.92 Å². The minimum atomic E-state index is 0.259. The molecule has 0 rings (SSSR count). The molecule has 0 saturated heterocycles. The fourth-order valence-corrected chi connectivity index (χ4v) is 0.657. The van der Waals surface area contributed by atoms with E-state index in [1.807, 2.05) is 13.8 Å². The van der Waals surface area contributed by atoms with E-state index in [0.29, 0.717) is 12.3 Å². The van der Waals surface area contributed by atoms with Gasteiger partial charge in [-0.25, -0.2) is 0 Å². The quantitative estimate of drug-likeness (QED) is 0.461. The first kappa shape index (κ1) is 12.6. The van der Waals surface area contributed by atoms with Crippen molar-refractivity contribution in [3.63, 3.8) is 0 Å². The Morgan fingerprint density at radius 3 is 2.10 bits per heavy atom. The maximum absolute atomic E-state index is 10.3. The lowest BCUT2D eigenvalue weighted by Crippen LogP contribution is -1.88. The number of alkyl halides is 1. The van der Waals surface area contributed by atoms with E-state index in [9.17, 15) is 4.79 Å². The molecule has 0 N–H and O–H groups in total. The molecule has 0 amide bonds. The van der Waals surface area contributed by atoms with Gasteiger partial charge in [-0.2, -0.15) is 0 Å². The van der Waals surface area contributed by atoms with E-state index in [1.165, 1.54) is 0 Å². The molecule has 0 aromatic rings. The van der Waals surface area contributed by atoms with Gasteiger partial charge in [-0.3, -0.25) is 0 Å². The molecule has 0 aliphatic heterocycles. The van der Waals surface area contributed by atoms with Crippen molar-refractivity contribution in [2.45, 2.75) is 40.0 Å². The molecule has 0 unspecified atom stereocenters. The molecule has 0 aromatic heterocycles. The molecule has 0 aliphatic carbocycles. The van der Waals surface area contributed by atoms with Crippen LogP contribution in [-0.2, 0) is 4.79 Å². The van der Waals surface area contributed by atoms with Crippen LogP contribution >= 0.6 is 11.6 Å². The van der Waals surface area contributed by atoms with E-state index in [0.717, 1.165) is 12.8 Å². The SMILES string of the molecule is CC.CC(=O)CCCCCl. The number of hydrogen-bond donors (Lipinski definition) is 0. The van der Waals surface area contributed by atoms with Crippen LogP contribution in [0.15, 0.2) is 0 Å². The first-order valence-corrected chi connectivity index (χ1v) is 4.36. The molecule has 0 aromatic carbocycles. The van der Waals surface area contributed by atoms with Crippen molar-refractivity contribution < 1.29 is 4.79 Å². The average Bonchev–Trinajstić information content (AvgIpc) is 1.92. The average molecular weight is 165 g/mol. The van der Waals surface area contributed by atoms with Gasteiger partial charge in [-0.05, 0) is 19.8 Å². The van der Waals surface area contributed by atoms with Gasteiger partial charge in [0.25, 0.3) is 0 Å². The minimum Gasteiger partial charge on any atom is -0.300 e. The van der Waals surface area contributed by atoms with Gasteiger partial charge in [0.05, 0.1) is 0 Å². The normalized spacial score (nSPS) is 8.00. The van der Waals surface area contributed by atoms with Crippen LogP contribution < -0.4 is 0 Å². The minimum absolute atomic E-state index is 0.259. The summed E-state index contributed by atoms with van der Waals surface area (Å²) in [5, 5.41) is 0. The summed E-state index contributed by atoms with van der Waals surface area (Å²) in [6, 6.07) is 0. The predicted octanol–water partition coefficient (Wildman–Crippen LogP) is 3.01. The Labute approximate surface area is 68.8 Å². The summed E-state index contributed by atoms with van der Waals surface area (Å²) in [5.41, 5.74) is 0. The molecule has 0 bridgehead atoms. The maximum atomic E-state index is 10.3. The number of unbranched alkanes of at least 4 members (excludes halogenated alkanes) is 1. The highest BCUT2D eigenvalue weighted by molar-refractivity contribution is 6.17. The standard InChI is InChI=1S/C6H11ClO.C2H6/c1-6(8)4-2-3-5-7;1-2/h2-5H2,1H3;1-2H3. The van der Waals surface area contributed by atoms with Gasteiger partial charge in [-0.15, -0.1) is 11.6 Å². The monoisotopic (exact) mass is 164 g/mol. The van der Waals surface area contributed by atoms with Gasteiger partial charge in [0.1, 0.15) is 5.78 Å². The third-order valence-corrected chi connectivity index (χ3v) is 1.18. The highest BCUT2D eigenvalue weighted by Crippen LogP contribution is 1.96. The van der Waals surface area contributed by atoms with Crippen LogP contribution in [-0.4, -0.2) is 11.7 Å². The van der Waals surface area contributed by atoms with Crippen LogP contribution in [0.1, 0.15) is 40.0 Å². The van der Waals surface area contributed by atoms with Crippen molar-refractivity contribution in [3.8, 4) is 0 Å². The number of hydrogen-bond acceptors (Lipinski definition) is 1. The van der Waals surface area contributed by atoms with Crippen molar-refractivity contribution in [1.82, 2.24) is 0 Å². The van der Waals surface area contributed by atoms with Crippen LogP contribution in [0.2, 0.25) is 0 Å². The fraction of sp³-hybridized carbons (Fsp3) is 0.875. The predicted molar refractivity (Wildman–Crippen MR) is 46.6 cm³/mol. The molecule has 62 valence electrons. The zero-order valence-corrected chi connectivity index (χ0v) is 7.87. The highest BCUT2D eigenvalue weighted by Gasteiger charge is 1.90. The Morgan fingerprint density at radius 1 is 1.30 bits per heavy atom. The molecular formula is C8H17ClO. The van der Waals surface area contributed by atoms with Gasteiger partial charge in [0.15, 0.2) is 0 Å². The van der Waals surface area contributed by atoms with Crippen molar-refractivity contribution in [2.24, 2.45) is 0 Å². The van der Waals surface area contributed by atoms with Crippen molar-refractivity contribution >= 4 is 17.4 Å². The Kier molecular flexibility index (Phi) is 14.8. The van der Waals surface area contributed by atoms with Crippen molar-refractivity contribution in [1.29, 1.82) is 0 Å². The summed E-state index contributed by atoms with van der Waals surface area (Å²) in [5.74, 6) is 0.933. The number of rotatable bonds is 4. The lowest BCUT2D eigenvalue weighted by atomic mass is 10.2. The summed E-state index contributed by atoms with van der Waals surface area (Å²) < 4.78 is 0. The topological polar surface area (TPSA) is 17.1 Å².